The van der Waals surface area contributed by atoms with Gasteiger partial charge in [-0.05, 0) is 55.5 Å². The predicted octanol–water partition coefficient (Wildman–Crippen LogP) is 4.02. The van der Waals surface area contributed by atoms with E-state index in [2.05, 4.69) is 20.6 Å². The fourth-order valence-electron chi connectivity index (χ4n) is 4.95. The zero-order valence-corrected chi connectivity index (χ0v) is 23.2. The molecule has 0 aliphatic carbocycles. The van der Waals surface area contributed by atoms with E-state index in [0.717, 1.165) is 18.2 Å². The van der Waals surface area contributed by atoms with E-state index >= 15 is 0 Å². The summed E-state index contributed by atoms with van der Waals surface area (Å²) in [6.07, 6.45) is -3.81. The Bertz CT molecular complexity index is 1730. The molecule has 1 aliphatic rings. The van der Waals surface area contributed by atoms with Crippen LogP contribution in [-0.4, -0.2) is 60.4 Å². The van der Waals surface area contributed by atoms with Crippen LogP contribution in [0.2, 0.25) is 0 Å². The minimum atomic E-state index is -5.34. The number of pyridine rings is 2. The number of hydrogen-bond donors (Lipinski definition) is 3. The number of carbonyl (C=O) groups is 2. The third kappa shape index (κ3) is 5.09. The molecule has 3 N–H and O–H groups in total. The molecule has 2 aromatic carbocycles. The van der Waals surface area contributed by atoms with Gasteiger partial charge in [0.15, 0.2) is 0 Å². The summed E-state index contributed by atoms with van der Waals surface area (Å²) in [6.45, 7) is -0.0671. The summed E-state index contributed by atoms with van der Waals surface area (Å²) in [7, 11) is 2.73. The molecule has 4 aromatic rings. The quantitative estimate of drug-likeness (QED) is 0.275. The molecule has 1 aliphatic heterocycles. The summed E-state index contributed by atoms with van der Waals surface area (Å²) in [6, 6.07) is 11.7. The maximum atomic E-state index is 14.7. The van der Waals surface area contributed by atoms with Gasteiger partial charge < -0.3 is 25.2 Å². The highest BCUT2D eigenvalue weighted by Crippen LogP contribution is 2.48. The largest absolute Gasteiger partial charge is 0.494 e. The van der Waals surface area contributed by atoms with Gasteiger partial charge in [0.1, 0.15) is 40.5 Å². The molecule has 3 heterocycles. The van der Waals surface area contributed by atoms with E-state index in [1.807, 2.05) is 0 Å². The number of fused-ring (bicyclic) bond motifs is 2. The first-order chi connectivity index (χ1) is 20.3. The van der Waals surface area contributed by atoms with Gasteiger partial charge in [0, 0.05) is 35.3 Å². The van der Waals surface area contributed by atoms with Gasteiger partial charge in [-0.3, -0.25) is 14.6 Å². The Kier molecular flexibility index (Phi) is 7.46. The van der Waals surface area contributed by atoms with Gasteiger partial charge >= 0.3 is 6.18 Å². The smallest absolute Gasteiger partial charge is 0.424 e. The van der Waals surface area contributed by atoms with E-state index in [-0.39, 0.29) is 40.5 Å². The molecular formula is C30H26F4N4O5. The number of benzene rings is 2. The van der Waals surface area contributed by atoms with Crippen molar-refractivity contribution in [2.75, 3.05) is 27.3 Å². The number of alkyl halides is 3. The van der Waals surface area contributed by atoms with Crippen molar-refractivity contribution in [2.45, 2.75) is 24.1 Å². The number of methoxy groups -OCH3 is 1. The first-order valence-corrected chi connectivity index (χ1v) is 13.0. The second-order valence-electron chi connectivity index (χ2n) is 10.2. The highest BCUT2D eigenvalue weighted by molar-refractivity contribution is 6.00. The molecule has 9 nitrogen and oxygen atoms in total. The number of rotatable bonds is 7. The SMILES string of the molecule is CNC(=O)[C@@]1(C)COc2c1cc([C@@](O)(CNC(=O)c1cc(OC)c3ncccc3c1)C(F)(F)F)nc2-c1ccc(F)cc1. The molecule has 0 spiro atoms. The zero-order chi connectivity index (χ0) is 31.2. The maximum absolute atomic E-state index is 14.7. The molecule has 5 rings (SSSR count). The van der Waals surface area contributed by atoms with Crippen molar-refractivity contribution >= 4 is 22.7 Å². The highest BCUT2D eigenvalue weighted by Gasteiger charge is 2.57. The van der Waals surface area contributed by atoms with Crippen molar-refractivity contribution < 1.29 is 41.7 Å². The number of halogens is 4. The van der Waals surface area contributed by atoms with Crippen molar-refractivity contribution in [1.29, 1.82) is 0 Å². The van der Waals surface area contributed by atoms with Crippen LogP contribution in [0.3, 0.4) is 0 Å². The molecule has 0 bridgehead atoms. The minimum Gasteiger partial charge on any atom is -0.494 e. The molecule has 2 atom stereocenters. The number of carbonyl (C=O) groups excluding carboxylic acids is 2. The predicted molar refractivity (Wildman–Crippen MR) is 147 cm³/mol. The molecule has 43 heavy (non-hydrogen) atoms. The van der Waals surface area contributed by atoms with Crippen LogP contribution in [0.15, 0.2) is 60.8 Å². The lowest BCUT2D eigenvalue weighted by atomic mass is 9.81. The average molecular weight is 599 g/mol. The summed E-state index contributed by atoms with van der Waals surface area (Å²) >= 11 is 0. The number of aromatic nitrogens is 2. The molecule has 0 saturated heterocycles. The molecule has 2 amide bonds. The number of hydrogen-bond acceptors (Lipinski definition) is 7. The maximum Gasteiger partial charge on any atom is 0.424 e. The minimum absolute atomic E-state index is 0.0203. The second kappa shape index (κ2) is 10.8. The van der Waals surface area contributed by atoms with E-state index in [4.69, 9.17) is 9.47 Å². The number of aliphatic hydroxyl groups is 1. The van der Waals surface area contributed by atoms with Crippen LogP contribution >= 0.6 is 0 Å². The third-order valence-electron chi connectivity index (χ3n) is 7.47. The molecule has 13 heteroatoms. The van der Waals surface area contributed by atoms with E-state index in [1.165, 1.54) is 51.5 Å². The Morgan fingerprint density at radius 3 is 2.51 bits per heavy atom. The Morgan fingerprint density at radius 2 is 1.86 bits per heavy atom. The van der Waals surface area contributed by atoms with E-state index in [0.29, 0.717) is 10.9 Å². The van der Waals surface area contributed by atoms with Gasteiger partial charge in [-0.2, -0.15) is 13.2 Å². The van der Waals surface area contributed by atoms with Crippen LogP contribution in [0.4, 0.5) is 17.6 Å². The summed E-state index contributed by atoms with van der Waals surface area (Å²) in [5.74, 6) is -1.82. The number of nitrogens with zero attached hydrogens (tertiary/aromatic N) is 2. The van der Waals surface area contributed by atoms with Gasteiger partial charge in [0.05, 0.1) is 19.3 Å². The fraction of sp³-hybridized carbons (Fsp3) is 0.267. The normalized spacial score (nSPS) is 17.5. The van der Waals surface area contributed by atoms with Gasteiger partial charge in [-0.1, -0.05) is 6.07 Å². The van der Waals surface area contributed by atoms with Gasteiger partial charge in [0.25, 0.3) is 5.91 Å². The van der Waals surface area contributed by atoms with Crippen molar-refractivity contribution in [3.8, 4) is 22.8 Å². The third-order valence-corrected chi connectivity index (χ3v) is 7.47. The van der Waals surface area contributed by atoms with Crippen LogP contribution in [0.25, 0.3) is 22.2 Å². The van der Waals surface area contributed by atoms with E-state index < -0.39 is 47.1 Å². The number of nitrogens with one attached hydrogen (secondary N) is 2. The first-order valence-electron chi connectivity index (χ1n) is 13.0. The van der Waals surface area contributed by atoms with E-state index in [9.17, 15) is 32.3 Å². The number of ether oxygens (including phenoxy) is 2. The Morgan fingerprint density at radius 1 is 1.14 bits per heavy atom. The Labute approximate surface area is 242 Å². The lowest BCUT2D eigenvalue weighted by Crippen LogP contribution is -2.52. The van der Waals surface area contributed by atoms with Gasteiger partial charge in [-0.25, -0.2) is 9.37 Å². The highest BCUT2D eigenvalue weighted by atomic mass is 19.4. The van der Waals surface area contributed by atoms with Crippen molar-refractivity contribution in [3.63, 3.8) is 0 Å². The van der Waals surface area contributed by atoms with E-state index in [1.54, 1.807) is 12.1 Å². The molecule has 224 valence electrons. The zero-order valence-electron chi connectivity index (χ0n) is 23.2. The standard InChI is InChI=1S/C30H26F4N4O5/c1-28(27(40)35-2)15-43-25-20(28)13-22(38-24(25)16-6-8-19(31)9-7-16)29(41,30(32,33)34)14-37-26(39)18-11-17-5-4-10-36-23(17)21(12-18)42-3/h4-13,41H,14-15H2,1-3H3,(H,35,40)(H,37,39)/t28-,29-/m0/s1. The van der Waals surface area contributed by atoms with Gasteiger partial charge in [0.2, 0.25) is 11.5 Å². The lowest BCUT2D eigenvalue weighted by molar-refractivity contribution is -0.265. The Hall–Kier alpha value is -4.78. The van der Waals surface area contributed by atoms with Crippen LogP contribution in [0, 0.1) is 5.82 Å². The van der Waals surface area contributed by atoms with Crippen molar-refractivity contribution in [2.24, 2.45) is 0 Å². The molecule has 2 aromatic heterocycles. The van der Waals surface area contributed by atoms with Crippen molar-refractivity contribution in [3.05, 3.63) is 83.4 Å². The first kappa shape index (κ1) is 29.7. The monoisotopic (exact) mass is 598 g/mol. The number of likely N-dealkylation sites (N-methyl/N-ethyl adjacent to an activating group) is 1. The van der Waals surface area contributed by atoms with Crippen LogP contribution in [0.1, 0.15) is 28.5 Å². The number of amides is 2. The summed E-state index contributed by atoms with van der Waals surface area (Å²) in [4.78, 5) is 34.3. The molecule has 0 unspecified atom stereocenters. The molecule has 0 radical (unpaired) electrons. The second-order valence-corrected chi connectivity index (χ2v) is 10.2. The topological polar surface area (TPSA) is 123 Å². The molecule has 0 saturated carbocycles. The molecular weight excluding hydrogens is 572 g/mol. The fourth-order valence-corrected chi connectivity index (χ4v) is 4.95. The summed E-state index contributed by atoms with van der Waals surface area (Å²) in [5.41, 5.74) is -5.53. The van der Waals surface area contributed by atoms with Crippen LogP contribution < -0.4 is 20.1 Å². The van der Waals surface area contributed by atoms with Gasteiger partial charge in [-0.15, -0.1) is 0 Å². The van der Waals surface area contributed by atoms with Crippen LogP contribution in [-0.2, 0) is 15.8 Å². The Balaban J connectivity index is 1.60. The van der Waals surface area contributed by atoms with Crippen LogP contribution in [0.5, 0.6) is 11.5 Å². The average Bonchev–Trinajstić information content (AvgIpc) is 3.35. The van der Waals surface area contributed by atoms with Crippen molar-refractivity contribution in [1.82, 2.24) is 20.6 Å². The summed E-state index contributed by atoms with van der Waals surface area (Å²) in [5, 5.41) is 16.4. The summed E-state index contributed by atoms with van der Waals surface area (Å²) < 4.78 is 68.8. The lowest BCUT2D eigenvalue weighted by Gasteiger charge is -2.31. The molecule has 0 fully saturated rings.